The van der Waals surface area contributed by atoms with Crippen LogP contribution in [0.25, 0.3) is 0 Å². The molecule has 0 amide bonds. The van der Waals surface area contributed by atoms with Gasteiger partial charge in [-0.2, -0.15) is 0 Å². The summed E-state index contributed by atoms with van der Waals surface area (Å²) < 4.78 is 0. The molecule has 0 fully saturated rings. The van der Waals surface area contributed by atoms with E-state index in [9.17, 15) is 0 Å². The van der Waals surface area contributed by atoms with Crippen molar-refractivity contribution in [2.24, 2.45) is 0 Å². The van der Waals surface area contributed by atoms with Gasteiger partial charge in [-0.15, -0.1) is 0 Å². The third-order valence-electron chi connectivity index (χ3n) is 0.385. The van der Waals surface area contributed by atoms with Crippen LogP contribution in [0.4, 0.5) is 0 Å². The molecule has 0 heterocycles. The fraction of sp³-hybridized carbons (Fsp3) is 0. The van der Waals surface area contributed by atoms with Crippen LogP contribution in [0, 0.1) is 0 Å². The molecule has 0 aliphatic carbocycles. The number of hydrogen-bond donors (Lipinski definition) is 0. The van der Waals surface area contributed by atoms with Crippen LogP contribution in [0.5, 0.6) is 0 Å². The van der Waals surface area contributed by atoms with Crippen molar-refractivity contribution in [3.8, 4) is 0 Å². The van der Waals surface area contributed by atoms with Crippen LogP contribution in [0.15, 0.2) is 0 Å². The fourth-order valence-corrected chi connectivity index (χ4v) is 0. The summed E-state index contributed by atoms with van der Waals surface area (Å²) in [5, 5.41) is 35.6. The summed E-state index contributed by atoms with van der Waals surface area (Å²) in [6.45, 7) is 0. The van der Waals surface area contributed by atoms with E-state index >= 15 is 0 Å². The first-order valence-corrected chi connectivity index (χ1v) is 3.73. The maximum atomic E-state index is 8.89. The first-order chi connectivity index (χ1) is 9.08. The molecule has 0 unspecified atom stereocenters. The number of aliphatic carboxylic acids is 4. The van der Waals surface area contributed by atoms with Gasteiger partial charge in [-0.3, -0.25) is 19.2 Å². The van der Waals surface area contributed by atoms with Crippen molar-refractivity contribution in [3.05, 3.63) is 0 Å². The number of carbonyl (C=O) groups excluding carboxylic acids is 8. The molecule has 0 N–H and O–H groups in total. The molecule has 0 aliphatic heterocycles. The summed E-state index contributed by atoms with van der Waals surface area (Å²) >= 11 is 0. The van der Waals surface area contributed by atoms with Gasteiger partial charge in [0.2, 0.25) is 0 Å². The molecule has 0 saturated heterocycles. The molecule has 0 atom stereocenters. The van der Waals surface area contributed by atoms with Crippen LogP contribution in [0.2, 0.25) is 0 Å². The Kier molecular flexibility index (Phi) is 90.6. The van der Waals surface area contributed by atoms with Crippen LogP contribution in [-0.2, 0) is 38.4 Å². The number of hydrogen-bond acceptors (Lipinski definition) is 12. The third-order valence-corrected chi connectivity index (χ3v) is 0.385. The van der Waals surface area contributed by atoms with Crippen molar-refractivity contribution in [2.45, 2.75) is 0 Å². The van der Waals surface area contributed by atoms with Gasteiger partial charge in [-0.05, 0) is 0 Å². The second-order valence-electron chi connectivity index (χ2n) is 1.75. The van der Waals surface area contributed by atoms with Crippen molar-refractivity contribution >= 4 is 49.0 Å². The molecule has 0 aliphatic rings. The number of carboxylic acid groups (broad SMARTS) is 4. The van der Waals surface area contributed by atoms with E-state index in [-0.39, 0.29) is 143 Å². The Labute approximate surface area is 222 Å². The van der Waals surface area contributed by atoms with Crippen LogP contribution in [0.3, 0.4) is 0 Å². The standard InChI is InChI=1S/4C2H2O3.4Na/c4*3-1-2(4)5;;;;/h4*1H,(H,4,5);;;;/q;;;;4*+1/p-4. The number of rotatable bonds is 4. The Balaban J connectivity index is -0.0000000225. The Bertz CT molecular complexity index is 311. The summed E-state index contributed by atoms with van der Waals surface area (Å²) in [5.74, 6) is -6.70. The molecule has 0 aromatic carbocycles. The molecule has 112 valence electrons. The van der Waals surface area contributed by atoms with Gasteiger partial charge in [0.1, 0.15) is 23.9 Å². The van der Waals surface area contributed by atoms with E-state index < -0.39 is 23.9 Å². The van der Waals surface area contributed by atoms with E-state index in [1.54, 1.807) is 0 Å². The Morgan fingerprint density at radius 3 is 0.458 bits per heavy atom. The average molecular weight is 384 g/mol. The minimum Gasteiger partial charge on any atom is -0.542 e. The first-order valence-electron chi connectivity index (χ1n) is 3.73. The molecule has 0 bridgehead atoms. The summed E-state index contributed by atoms with van der Waals surface area (Å²) in [6.07, 6.45) is -1.11. The van der Waals surface area contributed by atoms with Gasteiger partial charge < -0.3 is 39.6 Å². The van der Waals surface area contributed by atoms with Crippen LogP contribution in [0.1, 0.15) is 0 Å². The van der Waals surface area contributed by atoms with Crippen LogP contribution in [-0.4, -0.2) is 49.0 Å². The number of aldehydes is 4. The molecule has 12 nitrogen and oxygen atoms in total. The summed E-state index contributed by atoms with van der Waals surface area (Å²) in [4.78, 5) is 70.9. The number of carbonyl (C=O) groups is 8. The average Bonchev–Trinajstić information content (AvgIpc) is 2.40. The molecule has 0 saturated carbocycles. The quantitative estimate of drug-likeness (QED) is 0.250. The van der Waals surface area contributed by atoms with Crippen molar-refractivity contribution in [1.82, 2.24) is 0 Å². The van der Waals surface area contributed by atoms with Gasteiger partial charge >= 0.3 is 118 Å². The molecule has 24 heavy (non-hydrogen) atoms. The molecule has 0 rings (SSSR count). The van der Waals surface area contributed by atoms with Gasteiger partial charge in [0.25, 0.3) is 0 Å². The topological polar surface area (TPSA) is 229 Å². The fourth-order valence-electron chi connectivity index (χ4n) is 0. The van der Waals surface area contributed by atoms with Gasteiger partial charge in [-0.1, -0.05) is 0 Å². The molecule has 16 heteroatoms. The monoisotopic (exact) mass is 384 g/mol. The third kappa shape index (κ3) is 143. The van der Waals surface area contributed by atoms with Crippen molar-refractivity contribution in [3.63, 3.8) is 0 Å². The zero-order valence-corrected chi connectivity index (χ0v) is 21.2. The van der Waals surface area contributed by atoms with Crippen molar-refractivity contribution in [1.29, 1.82) is 0 Å². The van der Waals surface area contributed by atoms with E-state index in [0.717, 1.165) is 0 Å². The zero-order chi connectivity index (χ0) is 17.1. The maximum Gasteiger partial charge on any atom is 1.00 e. The second kappa shape index (κ2) is 43.7. The van der Waals surface area contributed by atoms with E-state index in [2.05, 4.69) is 0 Å². The largest absolute Gasteiger partial charge is 1.00 e. The maximum absolute atomic E-state index is 8.89. The Hall–Kier alpha value is 0.560. The predicted molar refractivity (Wildman–Crippen MR) is 44.3 cm³/mol. The zero-order valence-electron chi connectivity index (χ0n) is 13.2. The minimum absolute atomic E-state index is 0. The van der Waals surface area contributed by atoms with E-state index in [0.29, 0.717) is 0 Å². The SMILES string of the molecule is O=CC(=O)[O-].O=CC(=O)[O-].O=CC(=O)[O-].O=CC(=O)[O-].[Na+].[Na+].[Na+].[Na+]. The van der Waals surface area contributed by atoms with Gasteiger partial charge in [0, 0.05) is 0 Å². The Morgan fingerprint density at radius 2 is 0.458 bits per heavy atom. The summed E-state index contributed by atoms with van der Waals surface area (Å²) in [7, 11) is 0. The molecule has 0 aromatic rings. The number of carboxylic acids is 4. The van der Waals surface area contributed by atoms with E-state index in [1.807, 2.05) is 0 Å². The summed E-state index contributed by atoms with van der Waals surface area (Å²) in [5.41, 5.74) is 0. The normalized spacial score (nSPS) is 5.33. The van der Waals surface area contributed by atoms with Gasteiger partial charge in [-0.25, -0.2) is 0 Å². The molecular weight excluding hydrogens is 380 g/mol. The van der Waals surface area contributed by atoms with Gasteiger partial charge in [0.15, 0.2) is 25.1 Å². The first kappa shape index (κ1) is 49.7. The van der Waals surface area contributed by atoms with Crippen LogP contribution >= 0.6 is 0 Å². The van der Waals surface area contributed by atoms with Crippen LogP contribution < -0.4 is 139 Å². The molecule has 0 aromatic heterocycles. The predicted octanol–water partition coefficient (Wildman–Crippen LogP) is -20.2. The van der Waals surface area contributed by atoms with E-state index in [1.165, 1.54) is 0 Å². The molecular formula is C8H4Na4O12. The smallest absolute Gasteiger partial charge is 0.542 e. The van der Waals surface area contributed by atoms with Gasteiger partial charge in [0.05, 0.1) is 0 Å². The molecule has 0 spiro atoms. The minimum atomic E-state index is -1.68. The van der Waals surface area contributed by atoms with Crippen molar-refractivity contribution in [2.75, 3.05) is 0 Å². The van der Waals surface area contributed by atoms with Crippen molar-refractivity contribution < 1.29 is 177 Å². The molecule has 0 radical (unpaired) electrons. The second-order valence-corrected chi connectivity index (χ2v) is 1.75. The Morgan fingerprint density at radius 1 is 0.417 bits per heavy atom. The summed E-state index contributed by atoms with van der Waals surface area (Å²) in [6, 6.07) is 0. The van der Waals surface area contributed by atoms with E-state index in [4.69, 9.17) is 58.8 Å².